The lowest BCUT2D eigenvalue weighted by atomic mass is 10.3. The number of nitrogens with one attached hydrogen (secondary N) is 2. The zero-order valence-corrected chi connectivity index (χ0v) is 9.64. The molecule has 1 aromatic carbocycles. The highest BCUT2D eigenvalue weighted by atomic mass is 16.7. The monoisotopic (exact) mass is 252 g/mol. The molecule has 2 rings (SSSR count). The fourth-order valence-electron chi connectivity index (χ4n) is 1.37. The molecule has 7 nitrogen and oxygen atoms in total. The van der Waals surface area contributed by atoms with E-state index in [2.05, 4.69) is 15.6 Å². The average Bonchev–Trinajstić information content (AvgIpc) is 2.76. The Bertz CT molecular complexity index is 445. The minimum absolute atomic E-state index is 0.0799. The molecule has 0 saturated carbocycles. The molecular formula is C11H12N2O5. The number of carbonyl (C=O) groups is 2. The summed E-state index contributed by atoms with van der Waals surface area (Å²) in [5.74, 6) is 0.612. The van der Waals surface area contributed by atoms with Gasteiger partial charge >= 0.3 is 6.09 Å². The molecule has 1 atom stereocenters. The molecule has 0 aromatic heterocycles. The maximum absolute atomic E-state index is 11.5. The van der Waals surface area contributed by atoms with Crippen LogP contribution in [0.3, 0.4) is 0 Å². The summed E-state index contributed by atoms with van der Waals surface area (Å²) in [5, 5.41) is 2.38. The van der Waals surface area contributed by atoms with Gasteiger partial charge in [-0.25, -0.2) is 10.3 Å². The van der Waals surface area contributed by atoms with Crippen LogP contribution in [0.25, 0.3) is 0 Å². The summed E-state index contributed by atoms with van der Waals surface area (Å²) in [7, 11) is 1.54. The Morgan fingerprint density at radius 2 is 2.06 bits per heavy atom. The van der Waals surface area contributed by atoms with E-state index in [1.165, 1.54) is 0 Å². The zero-order valence-electron chi connectivity index (χ0n) is 9.64. The smallest absolute Gasteiger partial charge is 0.413 e. The van der Waals surface area contributed by atoms with Crippen LogP contribution < -0.4 is 20.3 Å². The van der Waals surface area contributed by atoms with Crippen molar-refractivity contribution in [1.29, 1.82) is 0 Å². The van der Waals surface area contributed by atoms with Crippen molar-refractivity contribution in [1.82, 2.24) is 10.8 Å². The maximum Gasteiger partial charge on any atom is 0.413 e. The second kappa shape index (κ2) is 5.37. The van der Waals surface area contributed by atoms with Crippen LogP contribution in [0.4, 0.5) is 4.79 Å². The molecule has 0 aliphatic carbocycles. The van der Waals surface area contributed by atoms with E-state index in [-0.39, 0.29) is 6.61 Å². The van der Waals surface area contributed by atoms with E-state index >= 15 is 0 Å². The largest absolute Gasteiger partial charge is 0.497 e. The van der Waals surface area contributed by atoms with Crippen LogP contribution in [-0.2, 0) is 9.63 Å². The minimum atomic E-state index is -0.726. The summed E-state index contributed by atoms with van der Waals surface area (Å²) in [4.78, 5) is 27.3. The van der Waals surface area contributed by atoms with Gasteiger partial charge in [-0.05, 0) is 24.3 Å². The van der Waals surface area contributed by atoms with Crippen LogP contribution in [0.15, 0.2) is 24.3 Å². The summed E-state index contributed by atoms with van der Waals surface area (Å²) in [6.45, 7) is 0.0799. The molecule has 1 saturated heterocycles. The highest BCUT2D eigenvalue weighted by Gasteiger charge is 2.27. The molecule has 1 aliphatic rings. The third kappa shape index (κ3) is 2.89. The molecule has 0 bridgehead atoms. The first-order chi connectivity index (χ1) is 8.69. The van der Waals surface area contributed by atoms with Gasteiger partial charge in [-0.15, -0.1) is 0 Å². The van der Waals surface area contributed by atoms with Crippen molar-refractivity contribution in [2.24, 2.45) is 0 Å². The fourth-order valence-corrected chi connectivity index (χ4v) is 1.37. The van der Waals surface area contributed by atoms with Gasteiger partial charge < -0.3 is 14.8 Å². The van der Waals surface area contributed by atoms with E-state index in [0.29, 0.717) is 11.5 Å². The molecule has 2 amide bonds. The van der Waals surface area contributed by atoms with Crippen molar-refractivity contribution in [3.8, 4) is 11.5 Å². The number of ether oxygens (including phenoxy) is 2. The molecule has 96 valence electrons. The Labute approximate surface area is 103 Å². The summed E-state index contributed by atoms with van der Waals surface area (Å²) >= 11 is 0. The number of hydrogen-bond acceptors (Lipinski definition) is 5. The molecule has 0 radical (unpaired) electrons. The zero-order chi connectivity index (χ0) is 13.0. The van der Waals surface area contributed by atoms with Gasteiger partial charge in [0.1, 0.15) is 24.1 Å². The van der Waals surface area contributed by atoms with Crippen LogP contribution in [-0.4, -0.2) is 31.8 Å². The van der Waals surface area contributed by atoms with Crippen LogP contribution in [0, 0.1) is 0 Å². The number of hydroxylamine groups is 1. The number of hydrogen-bond donors (Lipinski definition) is 2. The second-order valence-electron chi connectivity index (χ2n) is 3.54. The lowest BCUT2D eigenvalue weighted by Crippen LogP contribution is -2.42. The standard InChI is InChI=1S/C11H12N2O5/c1-16-7-2-4-8(5-3-7)18-11(15)12-9-6-17-13-10(9)14/h2-5,9H,6H2,1H3,(H,12,15)(H,13,14)/t9-/m1/s1. The molecule has 18 heavy (non-hydrogen) atoms. The number of carbonyl (C=O) groups excluding carboxylic acids is 2. The second-order valence-corrected chi connectivity index (χ2v) is 3.54. The Morgan fingerprint density at radius 1 is 1.39 bits per heavy atom. The number of rotatable bonds is 3. The van der Waals surface area contributed by atoms with Gasteiger partial charge in [-0.2, -0.15) is 0 Å². The molecule has 0 unspecified atom stereocenters. The quantitative estimate of drug-likeness (QED) is 0.803. The summed E-state index contributed by atoms with van der Waals surface area (Å²) < 4.78 is 9.95. The lowest BCUT2D eigenvalue weighted by Gasteiger charge is -2.09. The topological polar surface area (TPSA) is 85.9 Å². The van der Waals surface area contributed by atoms with E-state index in [4.69, 9.17) is 9.47 Å². The minimum Gasteiger partial charge on any atom is -0.497 e. The first-order valence-electron chi connectivity index (χ1n) is 5.23. The molecule has 1 aromatic rings. The van der Waals surface area contributed by atoms with Crippen LogP contribution in [0.2, 0.25) is 0 Å². The van der Waals surface area contributed by atoms with Gasteiger partial charge in [0.05, 0.1) is 7.11 Å². The van der Waals surface area contributed by atoms with Crippen molar-refractivity contribution in [3.05, 3.63) is 24.3 Å². The summed E-state index contributed by atoms with van der Waals surface area (Å²) in [6.07, 6.45) is -0.717. The average molecular weight is 252 g/mol. The van der Waals surface area contributed by atoms with Gasteiger partial charge in [0, 0.05) is 0 Å². The highest BCUT2D eigenvalue weighted by molar-refractivity contribution is 5.86. The third-order valence-corrected chi connectivity index (χ3v) is 2.30. The van der Waals surface area contributed by atoms with Crippen LogP contribution in [0.1, 0.15) is 0 Å². The normalized spacial score (nSPS) is 18.1. The fraction of sp³-hybridized carbons (Fsp3) is 0.273. The molecule has 0 spiro atoms. The van der Waals surface area contributed by atoms with Crippen LogP contribution in [0.5, 0.6) is 11.5 Å². The van der Waals surface area contributed by atoms with E-state index in [0.717, 1.165) is 0 Å². The van der Waals surface area contributed by atoms with E-state index in [1.807, 2.05) is 0 Å². The Hall–Kier alpha value is -2.28. The predicted octanol–water partition coefficient (Wildman–Crippen LogP) is 0.214. The number of amides is 2. The van der Waals surface area contributed by atoms with Gasteiger partial charge in [0.2, 0.25) is 0 Å². The molecule has 1 aliphatic heterocycles. The Morgan fingerprint density at radius 3 is 2.61 bits per heavy atom. The molecule has 2 N–H and O–H groups in total. The molecule has 1 heterocycles. The highest BCUT2D eigenvalue weighted by Crippen LogP contribution is 2.17. The lowest BCUT2D eigenvalue weighted by molar-refractivity contribution is -0.125. The molecule has 7 heteroatoms. The van der Waals surface area contributed by atoms with Gasteiger partial charge in [0.25, 0.3) is 5.91 Å². The van der Waals surface area contributed by atoms with Crippen molar-refractivity contribution in [2.45, 2.75) is 6.04 Å². The Kier molecular flexibility index (Phi) is 3.63. The first kappa shape index (κ1) is 12.2. The van der Waals surface area contributed by atoms with Gasteiger partial charge in [0.15, 0.2) is 0 Å². The maximum atomic E-state index is 11.5. The number of benzene rings is 1. The predicted molar refractivity (Wildman–Crippen MR) is 60.0 cm³/mol. The van der Waals surface area contributed by atoms with Crippen molar-refractivity contribution in [2.75, 3.05) is 13.7 Å². The van der Waals surface area contributed by atoms with Crippen LogP contribution >= 0.6 is 0 Å². The Balaban J connectivity index is 1.88. The van der Waals surface area contributed by atoms with E-state index < -0.39 is 18.0 Å². The SMILES string of the molecule is COc1ccc(OC(=O)N[C@@H]2CONC2=O)cc1. The van der Waals surface area contributed by atoms with E-state index in [1.54, 1.807) is 31.4 Å². The third-order valence-electron chi connectivity index (χ3n) is 2.30. The number of methoxy groups -OCH3 is 1. The summed E-state index contributed by atoms with van der Waals surface area (Å²) in [6, 6.07) is 5.77. The van der Waals surface area contributed by atoms with Crippen molar-refractivity contribution in [3.63, 3.8) is 0 Å². The molecule has 1 fully saturated rings. The first-order valence-corrected chi connectivity index (χ1v) is 5.23. The summed E-state index contributed by atoms with van der Waals surface area (Å²) in [5.41, 5.74) is 2.13. The van der Waals surface area contributed by atoms with Gasteiger partial charge in [-0.3, -0.25) is 9.63 Å². The molecular weight excluding hydrogens is 240 g/mol. The van der Waals surface area contributed by atoms with E-state index in [9.17, 15) is 9.59 Å². The van der Waals surface area contributed by atoms with Crippen molar-refractivity contribution < 1.29 is 23.9 Å². The van der Waals surface area contributed by atoms with Crippen molar-refractivity contribution >= 4 is 12.0 Å². The van der Waals surface area contributed by atoms with Gasteiger partial charge in [-0.1, -0.05) is 0 Å².